The highest BCUT2D eigenvalue weighted by Crippen LogP contribution is 2.30. The number of hydrazone groups is 1. The Morgan fingerprint density at radius 1 is 1.06 bits per heavy atom. The van der Waals surface area contributed by atoms with E-state index in [1.807, 2.05) is 80.6 Å². The predicted octanol–water partition coefficient (Wildman–Crippen LogP) is 4.79. The van der Waals surface area contributed by atoms with Crippen LogP contribution < -0.4 is 4.74 Å². The fraction of sp³-hybridized carbons (Fsp3) is 0.120. The summed E-state index contributed by atoms with van der Waals surface area (Å²) in [6.07, 6.45) is 1.73. The number of para-hydroxylation sites is 2. The van der Waals surface area contributed by atoms with Crippen molar-refractivity contribution in [1.82, 2.24) is 9.58 Å². The number of aliphatic imine (C=N–C) groups is 1. The van der Waals surface area contributed by atoms with Gasteiger partial charge in [-0.05, 0) is 67.6 Å². The monoisotopic (exact) mass is 455 g/mol. The van der Waals surface area contributed by atoms with Gasteiger partial charge in [0.2, 0.25) is 5.17 Å². The molecule has 1 amide bonds. The second kappa shape index (κ2) is 8.55. The lowest BCUT2D eigenvalue weighted by Crippen LogP contribution is -2.35. The fourth-order valence-corrected chi connectivity index (χ4v) is 4.61. The van der Waals surface area contributed by atoms with E-state index in [1.54, 1.807) is 6.08 Å². The maximum Gasteiger partial charge on any atom is 0.283 e. The molecule has 164 valence electrons. The number of carbonyl (C=O) groups excluding carboxylic acids is 1. The molecule has 8 heteroatoms. The summed E-state index contributed by atoms with van der Waals surface area (Å²) in [6.45, 7) is 4.26. The minimum atomic E-state index is -0.441. The van der Waals surface area contributed by atoms with Crippen molar-refractivity contribution < 1.29 is 9.53 Å². The molecule has 1 aromatic heterocycles. The van der Waals surface area contributed by atoms with Crippen molar-refractivity contribution in [3.63, 3.8) is 0 Å². The fourth-order valence-electron chi connectivity index (χ4n) is 3.82. The molecule has 0 bridgehead atoms. The number of nitrogens with zero attached hydrogens (tertiary/aromatic N) is 4. The van der Waals surface area contributed by atoms with Crippen LogP contribution in [-0.4, -0.2) is 38.1 Å². The molecular weight excluding hydrogens is 434 g/mol. The van der Waals surface area contributed by atoms with E-state index < -0.39 is 5.91 Å². The van der Waals surface area contributed by atoms with E-state index in [-0.39, 0.29) is 18.0 Å². The van der Waals surface area contributed by atoms with Gasteiger partial charge in [-0.15, -0.1) is 0 Å². The zero-order valence-corrected chi connectivity index (χ0v) is 19.0. The molecule has 0 spiro atoms. The van der Waals surface area contributed by atoms with Gasteiger partial charge < -0.3 is 9.30 Å². The summed E-state index contributed by atoms with van der Waals surface area (Å²) in [4.78, 5) is 17.0. The maximum absolute atomic E-state index is 12.8. The van der Waals surface area contributed by atoms with Gasteiger partial charge in [0.1, 0.15) is 17.4 Å². The number of thioether (sulfide) groups is 1. The number of hydrogen-bond donors (Lipinski definition) is 1. The second-order valence-electron chi connectivity index (χ2n) is 7.61. The minimum Gasteiger partial charge on any atom is -0.487 e. The Kier molecular flexibility index (Phi) is 5.43. The zero-order valence-electron chi connectivity index (χ0n) is 18.1. The number of fused-ring (bicyclic) bond motifs is 1. The molecule has 33 heavy (non-hydrogen) atoms. The van der Waals surface area contributed by atoms with E-state index in [1.165, 1.54) is 16.8 Å². The molecule has 2 aliphatic rings. The van der Waals surface area contributed by atoms with Crippen LogP contribution in [0.25, 0.3) is 11.8 Å². The average molecular weight is 456 g/mol. The summed E-state index contributed by atoms with van der Waals surface area (Å²) in [5.74, 6) is 0.300. The third-order valence-electron chi connectivity index (χ3n) is 5.39. The molecule has 1 N–H and O–H groups in total. The molecule has 3 heterocycles. The zero-order chi connectivity index (χ0) is 22.9. The molecule has 0 atom stereocenters. The lowest BCUT2D eigenvalue weighted by Gasteiger charge is -2.20. The molecule has 2 aromatic carbocycles. The molecular formula is C25H21N5O2S. The molecule has 0 saturated heterocycles. The first kappa shape index (κ1) is 21.0. The van der Waals surface area contributed by atoms with Gasteiger partial charge in [-0.3, -0.25) is 10.2 Å². The van der Waals surface area contributed by atoms with Gasteiger partial charge in [0.05, 0.1) is 5.57 Å². The van der Waals surface area contributed by atoms with E-state index in [0.717, 1.165) is 28.4 Å². The Bertz CT molecular complexity index is 1340. The van der Waals surface area contributed by atoms with E-state index in [9.17, 15) is 4.79 Å². The third-order valence-corrected chi connectivity index (χ3v) is 6.27. The number of aromatic nitrogens is 1. The van der Waals surface area contributed by atoms with Gasteiger partial charge in [0, 0.05) is 17.1 Å². The van der Waals surface area contributed by atoms with Crippen molar-refractivity contribution in [3.8, 4) is 11.4 Å². The van der Waals surface area contributed by atoms with Crippen molar-refractivity contribution in [2.45, 2.75) is 13.8 Å². The van der Waals surface area contributed by atoms with Crippen LogP contribution in [0.5, 0.6) is 5.75 Å². The normalized spacial score (nSPS) is 16.7. The quantitative estimate of drug-likeness (QED) is 0.561. The van der Waals surface area contributed by atoms with Crippen LogP contribution in [0.15, 0.2) is 82.4 Å². The largest absolute Gasteiger partial charge is 0.487 e. The highest BCUT2D eigenvalue weighted by molar-refractivity contribution is 8.27. The predicted molar refractivity (Wildman–Crippen MR) is 132 cm³/mol. The van der Waals surface area contributed by atoms with Gasteiger partial charge in [0.25, 0.3) is 5.91 Å². The Hall–Kier alpha value is -3.91. The summed E-state index contributed by atoms with van der Waals surface area (Å²) in [6, 6.07) is 21.5. The SMILES string of the molecule is Cc1cc(/C=C2/C(=N)N3N=C(COc4ccccc4)SC3=NC2=O)c(C)n1-c1ccccc1. The smallest absolute Gasteiger partial charge is 0.283 e. The first-order valence-electron chi connectivity index (χ1n) is 10.4. The van der Waals surface area contributed by atoms with Gasteiger partial charge in [0.15, 0.2) is 5.84 Å². The van der Waals surface area contributed by atoms with Gasteiger partial charge in [-0.2, -0.15) is 15.1 Å². The molecule has 3 aromatic rings. The molecule has 0 radical (unpaired) electrons. The Morgan fingerprint density at radius 3 is 2.48 bits per heavy atom. The number of rotatable bonds is 5. The third kappa shape index (κ3) is 4.01. The van der Waals surface area contributed by atoms with Crippen LogP contribution in [0.4, 0.5) is 0 Å². The van der Waals surface area contributed by atoms with Crippen molar-refractivity contribution >= 4 is 39.8 Å². The number of hydrogen-bond acceptors (Lipinski definition) is 5. The number of amidine groups is 2. The topological polar surface area (TPSA) is 83.0 Å². The van der Waals surface area contributed by atoms with Gasteiger partial charge in [-0.1, -0.05) is 36.4 Å². The second-order valence-corrected chi connectivity index (χ2v) is 8.65. The summed E-state index contributed by atoms with van der Waals surface area (Å²) < 4.78 is 7.87. The molecule has 5 rings (SSSR count). The van der Waals surface area contributed by atoms with Crippen LogP contribution in [0.1, 0.15) is 17.0 Å². The molecule has 0 saturated carbocycles. The van der Waals surface area contributed by atoms with Crippen LogP contribution in [0.3, 0.4) is 0 Å². The molecule has 0 fully saturated rings. The molecule has 0 aliphatic carbocycles. The van der Waals surface area contributed by atoms with E-state index in [0.29, 0.717) is 10.2 Å². The highest BCUT2D eigenvalue weighted by Gasteiger charge is 2.36. The number of benzene rings is 2. The van der Waals surface area contributed by atoms with E-state index in [2.05, 4.69) is 14.7 Å². The summed E-state index contributed by atoms with van der Waals surface area (Å²) in [7, 11) is 0. The number of carbonyl (C=O) groups is 1. The van der Waals surface area contributed by atoms with Crippen LogP contribution >= 0.6 is 11.8 Å². The standard InChI is InChI=1S/C25H21N5O2S/c1-16-13-18(17(2)29(16)19-9-5-3-6-10-19)14-21-23(26)30-25(27-24(21)31)33-22(28-30)15-32-20-11-7-4-8-12-20/h3-14,26H,15H2,1-2H3/b21-14-,26-23?. The van der Waals surface area contributed by atoms with Crippen molar-refractivity contribution in [3.05, 3.63) is 89.3 Å². The van der Waals surface area contributed by atoms with Crippen LogP contribution in [0, 0.1) is 19.3 Å². The maximum atomic E-state index is 12.8. The van der Waals surface area contributed by atoms with Crippen molar-refractivity contribution in [1.29, 1.82) is 5.41 Å². The van der Waals surface area contributed by atoms with Gasteiger partial charge in [-0.25, -0.2) is 0 Å². The van der Waals surface area contributed by atoms with Gasteiger partial charge >= 0.3 is 0 Å². The minimum absolute atomic E-state index is 0.0109. The molecule has 2 aliphatic heterocycles. The van der Waals surface area contributed by atoms with Crippen LogP contribution in [0.2, 0.25) is 0 Å². The molecule has 0 unspecified atom stereocenters. The Balaban J connectivity index is 1.41. The first-order valence-corrected chi connectivity index (χ1v) is 11.2. The number of aryl methyl sites for hydroxylation is 1. The lowest BCUT2D eigenvalue weighted by atomic mass is 10.1. The van der Waals surface area contributed by atoms with Crippen molar-refractivity contribution in [2.24, 2.45) is 10.1 Å². The highest BCUT2D eigenvalue weighted by atomic mass is 32.2. The first-order chi connectivity index (χ1) is 16.0. The van der Waals surface area contributed by atoms with Crippen LogP contribution in [-0.2, 0) is 4.79 Å². The number of amides is 1. The Morgan fingerprint density at radius 2 is 1.76 bits per heavy atom. The van der Waals surface area contributed by atoms with Crippen molar-refractivity contribution in [2.75, 3.05) is 6.61 Å². The Labute approximate surface area is 195 Å². The average Bonchev–Trinajstić information content (AvgIpc) is 3.36. The number of ether oxygens (including phenoxy) is 1. The number of nitrogens with one attached hydrogen (secondary N) is 1. The summed E-state index contributed by atoms with van der Waals surface area (Å²) in [5.41, 5.74) is 4.15. The van der Waals surface area contributed by atoms with E-state index in [4.69, 9.17) is 10.1 Å². The summed E-state index contributed by atoms with van der Waals surface area (Å²) >= 11 is 1.24. The summed E-state index contributed by atoms with van der Waals surface area (Å²) in [5, 5.41) is 15.5. The van der Waals surface area contributed by atoms with E-state index >= 15 is 0 Å². The lowest BCUT2D eigenvalue weighted by molar-refractivity contribution is -0.114. The molecule has 7 nitrogen and oxygen atoms in total.